The Morgan fingerprint density at radius 1 is 1.30 bits per heavy atom. The molecule has 0 aliphatic heterocycles. The van der Waals surface area contributed by atoms with Crippen LogP contribution in [0, 0.1) is 18.3 Å². The molecular weight excluding hydrogens is 384 g/mol. The van der Waals surface area contributed by atoms with Gasteiger partial charge in [-0.25, -0.2) is 0 Å². The Kier molecular flexibility index (Phi) is 5.69. The summed E-state index contributed by atoms with van der Waals surface area (Å²) in [5.41, 5.74) is 1.70. The number of hydrogen-bond donors (Lipinski definition) is 1. The molecule has 0 aliphatic rings. The van der Waals surface area contributed by atoms with Crippen LogP contribution in [0.5, 0.6) is 0 Å². The maximum absolute atomic E-state index is 12.2. The molecule has 0 spiro atoms. The van der Waals surface area contributed by atoms with Crippen molar-refractivity contribution >= 4 is 39.8 Å². The van der Waals surface area contributed by atoms with E-state index in [-0.39, 0.29) is 22.7 Å². The largest absolute Gasteiger partial charge is 0.411 e. The highest BCUT2D eigenvalue weighted by molar-refractivity contribution is 7.99. The normalized spacial score (nSPS) is 10.4. The molecule has 0 atom stereocenters. The van der Waals surface area contributed by atoms with Gasteiger partial charge in [0.15, 0.2) is 5.78 Å². The van der Waals surface area contributed by atoms with E-state index in [4.69, 9.17) is 4.42 Å². The van der Waals surface area contributed by atoms with Gasteiger partial charge in [-0.2, -0.15) is 5.26 Å². The van der Waals surface area contributed by atoms with Crippen molar-refractivity contribution in [3.63, 3.8) is 0 Å². The van der Waals surface area contributed by atoms with Gasteiger partial charge < -0.3 is 9.73 Å². The topological polar surface area (TPSA) is 109 Å². The van der Waals surface area contributed by atoms with Gasteiger partial charge in [-0.1, -0.05) is 30.0 Å². The number of thiophene rings is 1. The van der Waals surface area contributed by atoms with Gasteiger partial charge >= 0.3 is 0 Å². The number of anilines is 1. The Morgan fingerprint density at radius 2 is 2.04 bits per heavy atom. The average molecular weight is 398 g/mol. The zero-order chi connectivity index (χ0) is 19.4. The molecule has 3 rings (SSSR count). The highest BCUT2D eigenvalue weighted by atomic mass is 32.2. The van der Waals surface area contributed by atoms with E-state index in [0.717, 1.165) is 28.7 Å². The summed E-state index contributed by atoms with van der Waals surface area (Å²) in [5, 5.41) is 20.5. The number of carbonyl (C=O) groups is 2. The third-order valence-electron chi connectivity index (χ3n) is 3.59. The van der Waals surface area contributed by atoms with Crippen molar-refractivity contribution in [2.75, 3.05) is 11.1 Å². The number of ketones is 1. The van der Waals surface area contributed by atoms with Crippen LogP contribution in [0.15, 0.2) is 40.0 Å². The summed E-state index contributed by atoms with van der Waals surface area (Å²) in [5.74, 6) is -0.0473. The van der Waals surface area contributed by atoms with Crippen molar-refractivity contribution in [2.45, 2.75) is 19.1 Å². The molecule has 9 heteroatoms. The van der Waals surface area contributed by atoms with Gasteiger partial charge in [-0.05, 0) is 31.5 Å². The smallest absolute Gasteiger partial charge is 0.277 e. The number of nitriles is 1. The van der Waals surface area contributed by atoms with Crippen LogP contribution in [-0.4, -0.2) is 27.6 Å². The molecule has 136 valence electrons. The number of nitrogens with one attached hydrogen (secondary N) is 1. The van der Waals surface area contributed by atoms with Crippen molar-refractivity contribution in [1.82, 2.24) is 10.2 Å². The van der Waals surface area contributed by atoms with Crippen molar-refractivity contribution in [3.05, 3.63) is 46.3 Å². The molecule has 0 bridgehead atoms. The lowest BCUT2D eigenvalue weighted by atomic mass is 10.1. The lowest BCUT2D eigenvalue weighted by Crippen LogP contribution is -2.13. The number of carbonyl (C=O) groups excluding carboxylic acids is 2. The maximum atomic E-state index is 12.2. The van der Waals surface area contributed by atoms with E-state index in [1.165, 1.54) is 6.92 Å². The lowest BCUT2D eigenvalue weighted by Gasteiger charge is -2.01. The molecule has 0 unspecified atom stereocenters. The van der Waals surface area contributed by atoms with E-state index in [1.807, 2.05) is 36.4 Å². The molecule has 0 fully saturated rings. The number of rotatable bonds is 6. The monoisotopic (exact) mass is 398 g/mol. The van der Waals surface area contributed by atoms with Gasteiger partial charge in [0.1, 0.15) is 11.1 Å². The summed E-state index contributed by atoms with van der Waals surface area (Å²) in [7, 11) is 0. The molecule has 7 nitrogen and oxygen atoms in total. The van der Waals surface area contributed by atoms with E-state index in [0.29, 0.717) is 26.9 Å². The van der Waals surface area contributed by atoms with Crippen LogP contribution in [0.3, 0.4) is 0 Å². The van der Waals surface area contributed by atoms with Gasteiger partial charge in [-0.15, -0.1) is 21.5 Å². The second-order valence-corrected chi connectivity index (χ2v) is 7.45. The first-order chi connectivity index (χ1) is 13.0. The summed E-state index contributed by atoms with van der Waals surface area (Å²) in [6.45, 7) is 3.13. The maximum Gasteiger partial charge on any atom is 0.277 e. The van der Waals surface area contributed by atoms with E-state index < -0.39 is 0 Å². The van der Waals surface area contributed by atoms with Crippen molar-refractivity contribution in [2.24, 2.45) is 0 Å². The molecule has 0 saturated heterocycles. The number of nitrogens with zero attached hydrogens (tertiary/aromatic N) is 3. The van der Waals surface area contributed by atoms with Crippen molar-refractivity contribution < 1.29 is 14.0 Å². The van der Waals surface area contributed by atoms with E-state index in [2.05, 4.69) is 15.5 Å². The molecule has 2 aromatic heterocycles. The van der Waals surface area contributed by atoms with Gasteiger partial charge in [0.25, 0.3) is 5.22 Å². The number of hydrogen-bond acceptors (Lipinski definition) is 8. The minimum Gasteiger partial charge on any atom is -0.411 e. The highest BCUT2D eigenvalue weighted by Gasteiger charge is 2.19. The SMILES string of the molecule is CC(=O)c1sc(NC(=O)CSc2nnc(-c3ccccc3)o2)c(C#N)c1C. The molecule has 0 aliphatic carbocycles. The van der Waals surface area contributed by atoms with Gasteiger partial charge in [0.2, 0.25) is 11.8 Å². The Morgan fingerprint density at radius 3 is 2.70 bits per heavy atom. The second kappa shape index (κ2) is 8.16. The third kappa shape index (κ3) is 4.24. The summed E-state index contributed by atoms with van der Waals surface area (Å²) >= 11 is 2.20. The Bertz CT molecular complexity index is 1030. The fourth-order valence-corrected chi connectivity index (χ4v) is 3.96. The van der Waals surface area contributed by atoms with Gasteiger partial charge in [-0.3, -0.25) is 9.59 Å². The standard InChI is InChI=1S/C18H14N4O3S2/c1-10-13(8-19)17(27-15(10)11(2)23)20-14(24)9-26-18-22-21-16(25-18)12-6-4-3-5-7-12/h3-7H,9H2,1-2H3,(H,20,24). The molecule has 1 aromatic carbocycles. The number of amides is 1. The molecule has 1 amide bonds. The first kappa shape index (κ1) is 18.8. The fraction of sp³-hybridized carbons (Fsp3) is 0.167. The Hall–Kier alpha value is -2.96. The van der Waals surface area contributed by atoms with Gasteiger partial charge in [0.05, 0.1) is 16.2 Å². The van der Waals surface area contributed by atoms with E-state index >= 15 is 0 Å². The lowest BCUT2D eigenvalue weighted by molar-refractivity contribution is -0.113. The average Bonchev–Trinajstić information content (AvgIpc) is 3.25. The molecular formula is C18H14N4O3S2. The van der Waals surface area contributed by atoms with Crippen molar-refractivity contribution in [3.8, 4) is 17.5 Å². The predicted molar refractivity (Wildman–Crippen MR) is 103 cm³/mol. The quantitative estimate of drug-likeness (QED) is 0.495. The van der Waals surface area contributed by atoms with Crippen LogP contribution in [0.25, 0.3) is 11.5 Å². The molecule has 2 heterocycles. The zero-order valence-corrected chi connectivity index (χ0v) is 16.1. The predicted octanol–water partition coefficient (Wildman–Crippen LogP) is 3.91. The first-order valence-corrected chi connectivity index (χ1v) is 9.65. The Labute approximate surface area is 163 Å². The van der Waals surface area contributed by atoms with Crippen LogP contribution >= 0.6 is 23.1 Å². The summed E-state index contributed by atoms with van der Waals surface area (Å²) in [4.78, 5) is 24.3. The van der Waals surface area contributed by atoms with Crippen LogP contribution < -0.4 is 5.32 Å². The minimum atomic E-state index is -0.327. The summed E-state index contributed by atoms with van der Waals surface area (Å²) in [6.07, 6.45) is 0. The summed E-state index contributed by atoms with van der Waals surface area (Å²) in [6, 6.07) is 11.4. The first-order valence-electron chi connectivity index (χ1n) is 7.85. The number of aromatic nitrogens is 2. The number of Topliss-reactive ketones (excluding diaryl/α,β-unsaturated/α-hetero) is 1. The zero-order valence-electron chi connectivity index (χ0n) is 14.5. The molecule has 1 N–H and O–H groups in total. The fourth-order valence-electron chi connectivity index (χ4n) is 2.33. The molecule has 0 saturated carbocycles. The van der Waals surface area contributed by atoms with Gasteiger partial charge in [0, 0.05) is 5.56 Å². The van der Waals surface area contributed by atoms with Crippen molar-refractivity contribution in [1.29, 1.82) is 5.26 Å². The highest BCUT2D eigenvalue weighted by Crippen LogP contribution is 2.33. The van der Waals surface area contributed by atoms with Crippen LogP contribution in [0.4, 0.5) is 5.00 Å². The van der Waals surface area contributed by atoms with Crippen LogP contribution in [-0.2, 0) is 4.79 Å². The number of benzene rings is 1. The number of thioether (sulfide) groups is 1. The molecule has 27 heavy (non-hydrogen) atoms. The summed E-state index contributed by atoms with van der Waals surface area (Å²) < 4.78 is 5.54. The van der Waals surface area contributed by atoms with Crippen LogP contribution in [0.1, 0.15) is 27.7 Å². The van der Waals surface area contributed by atoms with E-state index in [1.54, 1.807) is 6.92 Å². The molecule has 3 aromatic rings. The Balaban J connectivity index is 1.64. The third-order valence-corrected chi connectivity index (χ3v) is 5.71. The minimum absolute atomic E-state index is 0.0354. The molecule has 0 radical (unpaired) electrons. The second-order valence-electron chi connectivity index (χ2n) is 5.50. The van der Waals surface area contributed by atoms with Crippen LogP contribution in [0.2, 0.25) is 0 Å². The van der Waals surface area contributed by atoms with E-state index in [9.17, 15) is 14.9 Å².